The molecule has 2 aliphatic rings. The number of aromatic amines is 1. The quantitative estimate of drug-likeness (QED) is 0.572. The summed E-state index contributed by atoms with van der Waals surface area (Å²) >= 11 is 0. The van der Waals surface area contributed by atoms with E-state index in [1.54, 1.807) is 6.08 Å². The lowest BCUT2D eigenvalue weighted by Gasteiger charge is -2.14. The molecule has 2 aromatic carbocycles. The van der Waals surface area contributed by atoms with Gasteiger partial charge >= 0.3 is 0 Å². The third kappa shape index (κ3) is 2.70. The van der Waals surface area contributed by atoms with Crippen molar-refractivity contribution in [2.75, 3.05) is 6.79 Å². The third-order valence-corrected chi connectivity index (χ3v) is 5.25. The van der Waals surface area contributed by atoms with Crippen LogP contribution in [0.5, 0.6) is 11.5 Å². The van der Waals surface area contributed by atoms with E-state index >= 15 is 0 Å². The lowest BCUT2D eigenvalue weighted by molar-refractivity contribution is 0.174. The smallest absolute Gasteiger partial charge is 0.266 e. The Labute approximate surface area is 166 Å². The number of hydrogen-bond donors (Lipinski definition) is 1. The number of aryl methyl sites for hydroxylation is 1. The predicted octanol–water partition coefficient (Wildman–Crippen LogP) is 4.12. The van der Waals surface area contributed by atoms with E-state index in [4.69, 9.17) is 13.9 Å². The van der Waals surface area contributed by atoms with Gasteiger partial charge in [0.1, 0.15) is 5.69 Å². The normalized spacial score (nSPS) is 14.2. The van der Waals surface area contributed by atoms with Gasteiger partial charge in [-0.3, -0.25) is 5.10 Å². The van der Waals surface area contributed by atoms with Gasteiger partial charge in [-0.15, -0.1) is 10.2 Å². The van der Waals surface area contributed by atoms with Crippen molar-refractivity contribution in [2.24, 2.45) is 0 Å². The highest BCUT2D eigenvalue weighted by Crippen LogP contribution is 2.37. The highest BCUT2D eigenvalue weighted by molar-refractivity contribution is 5.75. The summed E-state index contributed by atoms with van der Waals surface area (Å²) in [5.41, 5.74) is 6.33. The standard InChI is InChI=1S/C22H16N4O3/c1-2-4-15-14(3-1)7-8-16-20(15)24-25-21(16)22-26-23-19(29-22)10-6-13-5-9-17-18(11-13)28-12-27-17/h1-6,9-11H,7-8,12H2,(H,24,25)/b10-6+. The number of ether oxygens (including phenoxy) is 2. The zero-order chi connectivity index (χ0) is 19.2. The minimum absolute atomic E-state index is 0.258. The van der Waals surface area contributed by atoms with Gasteiger partial charge in [0.05, 0.1) is 5.69 Å². The second kappa shape index (κ2) is 6.34. The van der Waals surface area contributed by atoms with Crippen LogP contribution in [0.1, 0.15) is 22.6 Å². The van der Waals surface area contributed by atoms with Gasteiger partial charge in [-0.2, -0.15) is 5.10 Å². The van der Waals surface area contributed by atoms with Gasteiger partial charge in [-0.05, 0) is 42.2 Å². The number of aromatic nitrogens is 4. The minimum atomic E-state index is 0.258. The van der Waals surface area contributed by atoms with E-state index in [0.717, 1.165) is 46.9 Å². The highest BCUT2D eigenvalue weighted by Gasteiger charge is 2.24. The van der Waals surface area contributed by atoms with Crippen LogP contribution in [0.25, 0.3) is 35.0 Å². The molecule has 6 rings (SSSR count). The topological polar surface area (TPSA) is 86.1 Å². The zero-order valence-corrected chi connectivity index (χ0v) is 15.4. The maximum atomic E-state index is 5.86. The number of hydrogen-bond acceptors (Lipinski definition) is 6. The first-order chi connectivity index (χ1) is 14.3. The van der Waals surface area contributed by atoms with Crippen LogP contribution in [0.2, 0.25) is 0 Å². The van der Waals surface area contributed by atoms with Gasteiger partial charge in [0.15, 0.2) is 11.5 Å². The molecule has 0 saturated heterocycles. The number of rotatable bonds is 3. The number of nitrogens with zero attached hydrogens (tertiary/aromatic N) is 3. The van der Waals surface area contributed by atoms with E-state index < -0.39 is 0 Å². The fraction of sp³-hybridized carbons (Fsp3) is 0.136. The second-order valence-electron chi connectivity index (χ2n) is 6.97. The SMILES string of the molecule is C(=C\c1nnc(-c2[nH]nc3c2CCc2ccccc2-3)o1)/c1ccc2c(c1)OCO2. The lowest BCUT2D eigenvalue weighted by Crippen LogP contribution is -2.03. The molecule has 0 spiro atoms. The molecular weight excluding hydrogens is 368 g/mol. The molecule has 142 valence electrons. The van der Waals surface area contributed by atoms with Crippen molar-refractivity contribution >= 4 is 12.2 Å². The Morgan fingerprint density at radius 3 is 2.86 bits per heavy atom. The van der Waals surface area contributed by atoms with Crippen LogP contribution >= 0.6 is 0 Å². The summed E-state index contributed by atoms with van der Waals surface area (Å²) in [4.78, 5) is 0. The van der Waals surface area contributed by atoms with E-state index in [9.17, 15) is 0 Å². The third-order valence-electron chi connectivity index (χ3n) is 5.25. The number of nitrogens with one attached hydrogen (secondary N) is 1. The van der Waals surface area contributed by atoms with Crippen LogP contribution < -0.4 is 9.47 Å². The molecule has 1 aliphatic heterocycles. The Hall–Kier alpha value is -3.87. The van der Waals surface area contributed by atoms with Crippen LogP contribution in [0, 0.1) is 0 Å². The molecule has 0 amide bonds. The summed E-state index contributed by atoms with van der Waals surface area (Å²) in [7, 11) is 0. The zero-order valence-electron chi connectivity index (χ0n) is 15.4. The molecule has 0 unspecified atom stereocenters. The average Bonchev–Trinajstić information content (AvgIpc) is 3.50. The molecule has 0 bridgehead atoms. The first kappa shape index (κ1) is 16.1. The summed E-state index contributed by atoms with van der Waals surface area (Å²) in [6.45, 7) is 0.258. The van der Waals surface area contributed by atoms with E-state index in [-0.39, 0.29) is 6.79 Å². The molecule has 0 fully saturated rings. The van der Waals surface area contributed by atoms with Gasteiger partial charge in [0.25, 0.3) is 5.89 Å². The van der Waals surface area contributed by atoms with Crippen LogP contribution in [0.4, 0.5) is 0 Å². The van der Waals surface area contributed by atoms with Crippen molar-refractivity contribution in [1.29, 1.82) is 0 Å². The van der Waals surface area contributed by atoms with Crippen LogP contribution in [0.3, 0.4) is 0 Å². The molecule has 29 heavy (non-hydrogen) atoms. The fourth-order valence-corrected chi connectivity index (χ4v) is 3.82. The van der Waals surface area contributed by atoms with Crippen molar-refractivity contribution < 1.29 is 13.9 Å². The number of H-pyrrole nitrogens is 1. The highest BCUT2D eigenvalue weighted by atomic mass is 16.7. The fourth-order valence-electron chi connectivity index (χ4n) is 3.82. The van der Waals surface area contributed by atoms with Crippen molar-refractivity contribution in [3.8, 4) is 34.3 Å². The molecular formula is C22H16N4O3. The lowest BCUT2D eigenvalue weighted by atomic mass is 9.89. The molecule has 0 atom stereocenters. The van der Waals surface area contributed by atoms with Crippen molar-refractivity contribution in [1.82, 2.24) is 20.4 Å². The van der Waals surface area contributed by atoms with Gasteiger partial charge in [0.2, 0.25) is 12.7 Å². The van der Waals surface area contributed by atoms with E-state index in [2.05, 4.69) is 38.6 Å². The van der Waals surface area contributed by atoms with E-state index in [0.29, 0.717) is 11.8 Å². The largest absolute Gasteiger partial charge is 0.454 e. The Morgan fingerprint density at radius 2 is 1.86 bits per heavy atom. The predicted molar refractivity (Wildman–Crippen MR) is 106 cm³/mol. The molecule has 7 heteroatoms. The second-order valence-corrected chi connectivity index (χ2v) is 6.97. The number of benzene rings is 2. The van der Waals surface area contributed by atoms with Gasteiger partial charge < -0.3 is 13.9 Å². The van der Waals surface area contributed by atoms with E-state index in [1.807, 2.05) is 30.3 Å². The molecule has 2 aromatic heterocycles. The maximum absolute atomic E-state index is 5.86. The molecule has 7 nitrogen and oxygen atoms in total. The minimum Gasteiger partial charge on any atom is -0.454 e. The summed E-state index contributed by atoms with van der Waals surface area (Å²) in [5, 5.41) is 16.0. The van der Waals surface area contributed by atoms with Crippen molar-refractivity contribution in [2.45, 2.75) is 12.8 Å². The van der Waals surface area contributed by atoms with Gasteiger partial charge in [0, 0.05) is 17.2 Å². The molecule has 3 heterocycles. The van der Waals surface area contributed by atoms with Crippen LogP contribution in [-0.4, -0.2) is 27.2 Å². The Balaban J connectivity index is 1.29. The Bertz CT molecular complexity index is 1250. The van der Waals surface area contributed by atoms with Crippen molar-refractivity contribution in [3.05, 3.63) is 65.0 Å². The average molecular weight is 384 g/mol. The number of fused-ring (bicyclic) bond motifs is 4. The molecule has 0 radical (unpaired) electrons. The maximum Gasteiger partial charge on any atom is 0.266 e. The molecule has 4 aromatic rings. The summed E-state index contributed by atoms with van der Waals surface area (Å²) < 4.78 is 16.6. The molecule has 0 saturated carbocycles. The monoisotopic (exact) mass is 384 g/mol. The van der Waals surface area contributed by atoms with Crippen molar-refractivity contribution in [3.63, 3.8) is 0 Å². The van der Waals surface area contributed by atoms with Crippen LogP contribution in [0.15, 0.2) is 46.9 Å². The first-order valence-corrected chi connectivity index (χ1v) is 9.42. The Kier molecular flexibility index (Phi) is 3.52. The Morgan fingerprint density at radius 1 is 0.931 bits per heavy atom. The van der Waals surface area contributed by atoms with E-state index in [1.165, 1.54) is 11.1 Å². The van der Waals surface area contributed by atoms with Crippen LogP contribution in [-0.2, 0) is 12.8 Å². The molecule has 1 aliphatic carbocycles. The summed E-state index contributed by atoms with van der Waals surface area (Å²) in [6.07, 6.45) is 5.55. The van der Waals surface area contributed by atoms with Gasteiger partial charge in [-0.25, -0.2) is 0 Å². The van der Waals surface area contributed by atoms with Gasteiger partial charge in [-0.1, -0.05) is 30.3 Å². The summed E-state index contributed by atoms with van der Waals surface area (Å²) in [6, 6.07) is 14.1. The molecule has 1 N–H and O–H groups in total. The first-order valence-electron chi connectivity index (χ1n) is 9.42. The summed E-state index contributed by atoms with van der Waals surface area (Å²) in [5.74, 6) is 2.37.